The first-order chi connectivity index (χ1) is 6.40. The number of aromatic nitrogens is 2. The van der Waals surface area contributed by atoms with E-state index in [1.54, 1.807) is 6.07 Å². The van der Waals surface area contributed by atoms with Crippen LogP contribution in [0.25, 0.3) is 0 Å². The van der Waals surface area contributed by atoms with Crippen molar-refractivity contribution in [1.29, 1.82) is 0 Å². The first-order valence-electron chi connectivity index (χ1n) is 4.48. The number of H-pyrrole nitrogens is 1. The molecule has 13 heavy (non-hydrogen) atoms. The van der Waals surface area contributed by atoms with E-state index < -0.39 is 0 Å². The van der Waals surface area contributed by atoms with Gasteiger partial charge < -0.3 is 4.74 Å². The third-order valence-electron chi connectivity index (χ3n) is 2.34. The summed E-state index contributed by atoms with van der Waals surface area (Å²) < 4.78 is 5.34. The summed E-state index contributed by atoms with van der Waals surface area (Å²) >= 11 is 0. The Hall–Kier alpha value is -1.16. The Morgan fingerprint density at radius 3 is 3.23 bits per heavy atom. The van der Waals surface area contributed by atoms with Crippen LogP contribution in [-0.2, 0) is 4.74 Å². The lowest BCUT2D eigenvalue weighted by atomic mass is 9.99. The van der Waals surface area contributed by atoms with Crippen LogP contribution in [0.5, 0.6) is 0 Å². The average Bonchev–Trinajstić information content (AvgIpc) is 2.67. The maximum Gasteiger partial charge on any atom is 0.170 e. The molecule has 0 bridgehead atoms. The largest absolute Gasteiger partial charge is 0.381 e. The number of rotatable bonds is 2. The molecule has 1 aliphatic heterocycles. The fourth-order valence-electron chi connectivity index (χ4n) is 1.61. The molecule has 1 saturated heterocycles. The minimum atomic E-state index is 0.384. The number of ether oxygens (including phenoxy) is 1. The van der Waals surface area contributed by atoms with Crippen LogP contribution in [0.1, 0.15) is 34.9 Å². The van der Waals surface area contributed by atoms with Crippen molar-refractivity contribution in [3.63, 3.8) is 0 Å². The molecule has 4 heteroatoms. The highest BCUT2D eigenvalue weighted by Crippen LogP contribution is 2.23. The molecule has 0 aliphatic carbocycles. The summed E-state index contributed by atoms with van der Waals surface area (Å²) in [5.41, 5.74) is 1.49. The molecule has 1 aliphatic rings. The minimum Gasteiger partial charge on any atom is -0.381 e. The van der Waals surface area contributed by atoms with Crippen LogP contribution < -0.4 is 0 Å². The first kappa shape index (κ1) is 8.44. The lowest BCUT2D eigenvalue weighted by Crippen LogP contribution is -2.15. The van der Waals surface area contributed by atoms with E-state index in [1.807, 2.05) is 0 Å². The molecule has 70 valence electrons. The van der Waals surface area contributed by atoms with Crippen LogP contribution in [0.15, 0.2) is 6.07 Å². The van der Waals surface area contributed by atoms with Gasteiger partial charge in [0, 0.05) is 18.2 Å². The summed E-state index contributed by atoms with van der Waals surface area (Å²) in [5.74, 6) is 0.384. The topological polar surface area (TPSA) is 55.0 Å². The van der Waals surface area contributed by atoms with E-state index in [9.17, 15) is 4.79 Å². The number of hydrogen-bond acceptors (Lipinski definition) is 3. The predicted octanol–water partition coefficient (Wildman–Crippen LogP) is 1.12. The number of aromatic amines is 1. The number of nitrogens with zero attached hydrogens (tertiary/aromatic N) is 1. The molecule has 1 atom stereocenters. The van der Waals surface area contributed by atoms with Crippen molar-refractivity contribution in [3.05, 3.63) is 17.5 Å². The van der Waals surface area contributed by atoms with Crippen LogP contribution in [-0.4, -0.2) is 29.7 Å². The Morgan fingerprint density at radius 2 is 2.62 bits per heavy atom. The molecule has 1 N–H and O–H groups in total. The maximum absolute atomic E-state index is 10.4. The van der Waals surface area contributed by atoms with Gasteiger partial charge in [-0.2, -0.15) is 5.10 Å². The molecule has 1 fully saturated rings. The van der Waals surface area contributed by atoms with Gasteiger partial charge in [-0.15, -0.1) is 0 Å². The molecule has 0 amide bonds. The maximum atomic E-state index is 10.4. The number of nitrogens with one attached hydrogen (secondary N) is 1. The SMILES string of the molecule is O=Cc1cc(C2CCCOC2)[nH]n1. The van der Waals surface area contributed by atoms with Crippen LogP contribution in [0, 0.1) is 0 Å². The third-order valence-corrected chi connectivity index (χ3v) is 2.34. The molecule has 1 aromatic heterocycles. The van der Waals surface area contributed by atoms with Crippen LogP contribution in [0.4, 0.5) is 0 Å². The van der Waals surface area contributed by atoms with E-state index in [2.05, 4.69) is 10.2 Å². The first-order valence-corrected chi connectivity index (χ1v) is 4.48. The zero-order valence-corrected chi connectivity index (χ0v) is 7.32. The highest BCUT2D eigenvalue weighted by Gasteiger charge is 2.17. The average molecular weight is 180 g/mol. The van der Waals surface area contributed by atoms with Gasteiger partial charge in [-0.1, -0.05) is 0 Å². The molecular weight excluding hydrogens is 168 g/mol. The van der Waals surface area contributed by atoms with E-state index in [0.29, 0.717) is 11.6 Å². The van der Waals surface area contributed by atoms with E-state index in [4.69, 9.17) is 4.74 Å². The van der Waals surface area contributed by atoms with Crippen LogP contribution in [0.3, 0.4) is 0 Å². The lowest BCUT2D eigenvalue weighted by molar-refractivity contribution is 0.0793. The smallest absolute Gasteiger partial charge is 0.170 e. The molecule has 0 spiro atoms. The Kier molecular flexibility index (Phi) is 2.40. The number of aldehydes is 1. The third kappa shape index (κ3) is 1.78. The minimum absolute atomic E-state index is 0.384. The van der Waals surface area contributed by atoms with E-state index in [1.165, 1.54) is 0 Å². The van der Waals surface area contributed by atoms with Crippen molar-refractivity contribution in [2.75, 3.05) is 13.2 Å². The monoisotopic (exact) mass is 180 g/mol. The highest BCUT2D eigenvalue weighted by atomic mass is 16.5. The van der Waals surface area contributed by atoms with Gasteiger partial charge in [-0.25, -0.2) is 0 Å². The fraction of sp³-hybridized carbons (Fsp3) is 0.556. The van der Waals surface area contributed by atoms with Crippen LogP contribution in [0.2, 0.25) is 0 Å². The van der Waals surface area contributed by atoms with Crippen molar-refractivity contribution >= 4 is 6.29 Å². The van der Waals surface area contributed by atoms with Gasteiger partial charge in [0.05, 0.1) is 6.61 Å². The number of carbonyl (C=O) groups is 1. The summed E-state index contributed by atoms with van der Waals surface area (Å²) in [4.78, 5) is 10.4. The Labute approximate surface area is 76.3 Å². The van der Waals surface area contributed by atoms with E-state index in [-0.39, 0.29) is 0 Å². The zero-order valence-electron chi connectivity index (χ0n) is 7.32. The Bertz CT molecular complexity index is 290. The summed E-state index contributed by atoms with van der Waals surface area (Å²) in [6, 6.07) is 1.80. The van der Waals surface area contributed by atoms with Crippen molar-refractivity contribution in [3.8, 4) is 0 Å². The molecule has 1 unspecified atom stereocenters. The van der Waals surface area contributed by atoms with Crippen molar-refractivity contribution in [2.24, 2.45) is 0 Å². The normalized spacial score (nSPS) is 22.9. The van der Waals surface area contributed by atoms with Gasteiger partial charge >= 0.3 is 0 Å². The summed E-state index contributed by atoms with van der Waals surface area (Å²) in [6.45, 7) is 1.59. The van der Waals surface area contributed by atoms with Crippen molar-refractivity contribution in [2.45, 2.75) is 18.8 Å². The quantitative estimate of drug-likeness (QED) is 0.694. The van der Waals surface area contributed by atoms with Gasteiger partial charge in [0.15, 0.2) is 6.29 Å². The molecule has 2 rings (SSSR count). The van der Waals surface area contributed by atoms with Gasteiger partial charge in [0.1, 0.15) is 5.69 Å². The highest BCUT2D eigenvalue weighted by molar-refractivity contribution is 5.71. The van der Waals surface area contributed by atoms with E-state index >= 15 is 0 Å². The molecule has 0 radical (unpaired) electrons. The lowest BCUT2D eigenvalue weighted by Gasteiger charge is -2.20. The molecule has 2 heterocycles. The molecule has 0 aromatic carbocycles. The van der Waals surface area contributed by atoms with Crippen molar-refractivity contribution in [1.82, 2.24) is 10.2 Å². The fourth-order valence-corrected chi connectivity index (χ4v) is 1.61. The van der Waals surface area contributed by atoms with Gasteiger partial charge in [0.25, 0.3) is 0 Å². The van der Waals surface area contributed by atoms with Crippen LogP contribution >= 0.6 is 0 Å². The van der Waals surface area contributed by atoms with Gasteiger partial charge in [-0.3, -0.25) is 9.89 Å². The zero-order chi connectivity index (χ0) is 9.10. The molecule has 0 saturated carbocycles. The molecule has 1 aromatic rings. The number of carbonyl (C=O) groups excluding carboxylic acids is 1. The van der Waals surface area contributed by atoms with Gasteiger partial charge in [-0.05, 0) is 18.9 Å². The second-order valence-electron chi connectivity index (χ2n) is 3.28. The standard InChI is InChI=1S/C9H12N2O2/c12-5-8-4-9(11-10-8)7-2-1-3-13-6-7/h4-5,7H,1-3,6H2,(H,10,11). The van der Waals surface area contributed by atoms with Gasteiger partial charge in [0.2, 0.25) is 0 Å². The predicted molar refractivity (Wildman–Crippen MR) is 46.8 cm³/mol. The number of hydrogen-bond donors (Lipinski definition) is 1. The van der Waals surface area contributed by atoms with E-state index in [0.717, 1.165) is 38.0 Å². The molecule has 4 nitrogen and oxygen atoms in total. The second kappa shape index (κ2) is 3.70. The summed E-state index contributed by atoms with van der Waals surface area (Å²) in [5, 5.41) is 6.73. The summed E-state index contributed by atoms with van der Waals surface area (Å²) in [7, 11) is 0. The summed E-state index contributed by atoms with van der Waals surface area (Å²) in [6.07, 6.45) is 2.95. The molecular formula is C9H12N2O2. The van der Waals surface area contributed by atoms with Crippen molar-refractivity contribution < 1.29 is 9.53 Å². The Morgan fingerprint density at radius 1 is 1.69 bits per heavy atom. The second-order valence-corrected chi connectivity index (χ2v) is 3.28. The Balaban J connectivity index is 2.09.